The molecule has 2 N–H and O–H groups in total. The molecule has 1 heterocycles. The second-order valence-corrected chi connectivity index (χ2v) is 6.64. The first kappa shape index (κ1) is 19.4. The zero-order chi connectivity index (χ0) is 20.1. The Bertz CT molecular complexity index is 861. The van der Waals surface area contributed by atoms with Crippen LogP contribution in [-0.4, -0.2) is 36.0 Å². The molecule has 0 saturated carbocycles. The zero-order valence-corrected chi connectivity index (χ0v) is 15.6. The molecule has 2 aromatic rings. The Morgan fingerprint density at radius 1 is 1.14 bits per heavy atom. The molecule has 0 radical (unpaired) electrons. The van der Waals surface area contributed by atoms with Gasteiger partial charge in [-0.1, -0.05) is 12.1 Å². The Hall–Kier alpha value is -3.35. The van der Waals surface area contributed by atoms with E-state index in [9.17, 15) is 14.4 Å². The van der Waals surface area contributed by atoms with Crippen LogP contribution in [-0.2, 0) is 9.59 Å². The summed E-state index contributed by atoms with van der Waals surface area (Å²) in [7, 11) is 0. The van der Waals surface area contributed by atoms with Crippen molar-refractivity contribution in [2.75, 3.05) is 18.1 Å². The van der Waals surface area contributed by atoms with E-state index < -0.39 is 12.6 Å². The SMILES string of the molecule is CC(NC(=O)c1ccc(N2CCCC2=O)cc1)c1ccc(OCC(=O)O)cc1. The monoisotopic (exact) mass is 382 g/mol. The van der Waals surface area contributed by atoms with E-state index in [4.69, 9.17) is 9.84 Å². The van der Waals surface area contributed by atoms with E-state index in [-0.39, 0.29) is 17.9 Å². The van der Waals surface area contributed by atoms with Gasteiger partial charge in [0, 0.05) is 24.2 Å². The molecule has 0 bridgehead atoms. The van der Waals surface area contributed by atoms with Gasteiger partial charge in [-0.3, -0.25) is 9.59 Å². The van der Waals surface area contributed by atoms with Gasteiger partial charge in [0.2, 0.25) is 5.91 Å². The van der Waals surface area contributed by atoms with Crippen LogP contribution >= 0.6 is 0 Å². The summed E-state index contributed by atoms with van der Waals surface area (Å²) in [6.45, 7) is 2.18. The Balaban J connectivity index is 1.59. The van der Waals surface area contributed by atoms with E-state index in [1.54, 1.807) is 53.4 Å². The number of aliphatic carboxylic acids is 1. The van der Waals surface area contributed by atoms with E-state index in [0.717, 1.165) is 17.7 Å². The Kier molecular flexibility index (Phi) is 5.93. The molecule has 0 aromatic heterocycles. The van der Waals surface area contributed by atoms with Crippen molar-refractivity contribution in [1.82, 2.24) is 5.32 Å². The number of carboxylic acid groups (broad SMARTS) is 1. The molecular formula is C21H22N2O5. The lowest BCUT2D eigenvalue weighted by Crippen LogP contribution is -2.27. The fourth-order valence-corrected chi connectivity index (χ4v) is 3.08. The number of carbonyl (C=O) groups excluding carboxylic acids is 2. The summed E-state index contributed by atoms with van der Waals surface area (Å²) in [5.41, 5.74) is 2.20. The number of benzene rings is 2. The van der Waals surface area contributed by atoms with Gasteiger partial charge in [-0.15, -0.1) is 0 Å². The third-order valence-electron chi connectivity index (χ3n) is 4.60. The topological polar surface area (TPSA) is 95.9 Å². The predicted molar refractivity (Wildman–Crippen MR) is 103 cm³/mol. The highest BCUT2D eigenvalue weighted by Gasteiger charge is 2.21. The van der Waals surface area contributed by atoms with Gasteiger partial charge in [-0.05, 0) is 55.3 Å². The molecule has 1 saturated heterocycles. The van der Waals surface area contributed by atoms with Crippen LogP contribution in [0.4, 0.5) is 5.69 Å². The molecule has 146 valence electrons. The number of anilines is 1. The first-order chi connectivity index (χ1) is 13.4. The average molecular weight is 382 g/mol. The second kappa shape index (κ2) is 8.56. The quantitative estimate of drug-likeness (QED) is 0.768. The van der Waals surface area contributed by atoms with Gasteiger partial charge < -0.3 is 20.1 Å². The molecule has 7 nitrogen and oxygen atoms in total. The van der Waals surface area contributed by atoms with Crippen molar-refractivity contribution >= 4 is 23.5 Å². The van der Waals surface area contributed by atoms with Crippen molar-refractivity contribution in [3.63, 3.8) is 0 Å². The summed E-state index contributed by atoms with van der Waals surface area (Å²) >= 11 is 0. The summed E-state index contributed by atoms with van der Waals surface area (Å²) in [4.78, 5) is 36.5. The molecular weight excluding hydrogens is 360 g/mol. The molecule has 1 atom stereocenters. The maximum Gasteiger partial charge on any atom is 0.341 e. The van der Waals surface area contributed by atoms with Crippen molar-refractivity contribution < 1.29 is 24.2 Å². The number of ether oxygens (including phenoxy) is 1. The molecule has 1 aliphatic heterocycles. The summed E-state index contributed by atoms with van der Waals surface area (Å²) in [5.74, 6) is -0.679. The molecule has 0 spiro atoms. The van der Waals surface area contributed by atoms with E-state index in [2.05, 4.69) is 5.32 Å². The maximum absolute atomic E-state index is 12.5. The molecule has 1 aliphatic rings. The zero-order valence-electron chi connectivity index (χ0n) is 15.6. The fourth-order valence-electron chi connectivity index (χ4n) is 3.08. The van der Waals surface area contributed by atoms with Crippen molar-refractivity contribution in [3.8, 4) is 5.75 Å². The lowest BCUT2D eigenvalue weighted by atomic mass is 10.1. The summed E-state index contributed by atoms with van der Waals surface area (Å²) in [6, 6.07) is 13.7. The van der Waals surface area contributed by atoms with Crippen LogP contribution < -0.4 is 15.0 Å². The average Bonchev–Trinajstić information content (AvgIpc) is 3.12. The van der Waals surface area contributed by atoms with E-state index in [0.29, 0.717) is 24.3 Å². The lowest BCUT2D eigenvalue weighted by molar-refractivity contribution is -0.139. The molecule has 3 rings (SSSR count). The number of carboxylic acids is 1. The van der Waals surface area contributed by atoms with Gasteiger partial charge in [-0.25, -0.2) is 4.79 Å². The van der Waals surface area contributed by atoms with Crippen LogP contribution in [0.5, 0.6) is 5.75 Å². The van der Waals surface area contributed by atoms with Gasteiger partial charge in [0.15, 0.2) is 6.61 Å². The van der Waals surface area contributed by atoms with Crippen LogP contribution in [0.3, 0.4) is 0 Å². The lowest BCUT2D eigenvalue weighted by Gasteiger charge is -2.17. The van der Waals surface area contributed by atoms with E-state index >= 15 is 0 Å². The smallest absolute Gasteiger partial charge is 0.341 e. The minimum Gasteiger partial charge on any atom is -0.482 e. The Morgan fingerprint density at radius 2 is 1.82 bits per heavy atom. The minimum atomic E-state index is -1.04. The molecule has 2 aromatic carbocycles. The number of nitrogens with one attached hydrogen (secondary N) is 1. The van der Waals surface area contributed by atoms with E-state index in [1.807, 2.05) is 6.92 Å². The van der Waals surface area contributed by atoms with Crippen LogP contribution in [0.1, 0.15) is 41.7 Å². The summed E-state index contributed by atoms with van der Waals surface area (Å²) < 4.78 is 5.10. The Morgan fingerprint density at radius 3 is 2.39 bits per heavy atom. The van der Waals surface area contributed by atoms with Crippen molar-refractivity contribution in [1.29, 1.82) is 0 Å². The van der Waals surface area contributed by atoms with Crippen molar-refractivity contribution in [3.05, 3.63) is 59.7 Å². The van der Waals surface area contributed by atoms with Crippen molar-refractivity contribution in [2.45, 2.75) is 25.8 Å². The van der Waals surface area contributed by atoms with Gasteiger partial charge in [0.1, 0.15) is 5.75 Å². The van der Waals surface area contributed by atoms with Crippen LogP contribution in [0.2, 0.25) is 0 Å². The van der Waals surface area contributed by atoms with Crippen LogP contribution in [0, 0.1) is 0 Å². The molecule has 28 heavy (non-hydrogen) atoms. The normalized spacial score (nSPS) is 14.6. The minimum absolute atomic E-state index is 0.113. The van der Waals surface area contributed by atoms with Gasteiger partial charge >= 0.3 is 5.97 Å². The van der Waals surface area contributed by atoms with Crippen LogP contribution in [0.25, 0.3) is 0 Å². The number of nitrogens with zero attached hydrogens (tertiary/aromatic N) is 1. The van der Waals surface area contributed by atoms with E-state index in [1.165, 1.54) is 0 Å². The molecule has 1 fully saturated rings. The van der Waals surface area contributed by atoms with Gasteiger partial charge in [0.25, 0.3) is 5.91 Å². The van der Waals surface area contributed by atoms with Gasteiger partial charge in [-0.2, -0.15) is 0 Å². The largest absolute Gasteiger partial charge is 0.482 e. The number of carbonyl (C=O) groups is 3. The number of hydrogen-bond acceptors (Lipinski definition) is 4. The highest BCUT2D eigenvalue weighted by atomic mass is 16.5. The number of amides is 2. The van der Waals surface area contributed by atoms with Crippen LogP contribution in [0.15, 0.2) is 48.5 Å². The molecule has 7 heteroatoms. The van der Waals surface area contributed by atoms with Gasteiger partial charge in [0.05, 0.1) is 6.04 Å². The Labute approximate surface area is 162 Å². The number of hydrogen-bond donors (Lipinski definition) is 2. The third kappa shape index (κ3) is 4.68. The standard InChI is InChI=1S/C21H22N2O5/c1-14(15-6-10-18(11-7-15)28-13-20(25)26)22-21(27)16-4-8-17(9-5-16)23-12-2-3-19(23)24/h4-11,14H,2-3,12-13H2,1H3,(H,22,27)(H,25,26). The molecule has 2 amide bonds. The molecule has 1 unspecified atom stereocenters. The molecule has 0 aliphatic carbocycles. The maximum atomic E-state index is 12.5. The summed E-state index contributed by atoms with van der Waals surface area (Å²) in [6.07, 6.45) is 1.43. The van der Waals surface area contributed by atoms with Crippen molar-refractivity contribution in [2.24, 2.45) is 0 Å². The third-order valence-corrected chi connectivity index (χ3v) is 4.60. The predicted octanol–water partition coefficient (Wildman–Crippen LogP) is 2.77. The summed E-state index contributed by atoms with van der Waals surface area (Å²) in [5, 5.41) is 11.6. The first-order valence-electron chi connectivity index (χ1n) is 9.10. The fraction of sp³-hybridized carbons (Fsp3) is 0.286. The first-order valence-corrected chi connectivity index (χ1v) is 9.10. The highest BCUT2D eigenvalue weighted by molar-refractivity contribution is 5.97. The second-order valence-electron chi connectivity index (χ2n) is 6.64. The number of rotatable bonds is 7. The highest BCUT2D eigenvalue weighted by Crippen LogP contribution is 2.22.